The Balaban J connectivity index is 2.45. The molecular weight excluding hydrogens is 176 g/mol. The maximum atomic E-state index is 5.61. The molecule has 0 radical (unpaired) electrons. The van der Waals surface area contributed by atoms with Gasteiger partial charge < -0.3 is 0 Å². The minimum atomic E-state index is 0.693. The molecule has 0 aliphatic rings. The molecule has 58 valence electrons. The van der Waals surface area contributed by atoms with Gasteiger partial charge in [0, 0.05) is 15.7 Å². The van der Waals surface area contributed by atoms with Gasteiger partial charge in [-0.05, 0) is 12.1 Å². The van der Waals surface area contributed by atoms with Gasteiger partial charge in [-0.1, -0.05) is 36.4 Å². The molecule has 0 heterocycles. The van der Waals surface area contributed by atoms with Crippen molar-refractivity contribution in [3.63, 3.8) is 0 Å². The number of hydrogen-bond donors (Lipinski definition) is 0. The summed E-state index contributed by atoms with van der Waals surface area (Å²) in [5, 5.41) is 0.693. The van der Waals surface area contributed by atoms with E-state index in [0.717, 1.165) is 5.75 Å². The molecule has 11 heavy (non-hydrogen) atoms. The van der Waals surface area contributed by atoms with Crippen molar-refractivity contribution < 1.29 is 0 Å². The van der Waals surface area contributed by atoms with Crippen molar-refractivity contribution in [1.29, 1.82) is 0 Å². The Hall–Kier alpha value is -0.400. The van der Waals surface area contributed by atoms with E-state index in [1.165, 1.54) is 4.90 Å². The summed E-state index contributed by atoms with van der Waals surface area (Å²) < 4.78 is 0. The van der Waals surface area contributed by atoms with Crippen LogP contribution in [0.5, 0.6) is 0 Å². The Bertz CT molecular complexity index is 231. The fourth-order valence-corrected chi connectivity index (χ4v) is 1.51. The van der Waals surface area contributed by atoms with Gasteiger partial charge in [0.1, 0.15) is 0 Å². The molecule has 0 spiro atoms. The standard InChI is InChI=1S/C9H9ClS/c1-8(10)7-11-9-5-3-2-4-6-9/h2-6H,1,7H2. The maximum absolute atomic E-state index is 5.61. The van der Waals surface area contributed by atoms with Crippen LogP contribution >= 0.6 is 23.4 Å². The summed E-state index contributed by atoms with van der Waals surface area (Å²) in [6.07, 6.45) is 0. The fourth-order valence-electron chi connectivity index (χ4n) is 0.678. The van der Waals surface area contributed by atoms with Crippen molar-refractivity contribution in [1.82, 2.24) is 0 Å². The Morgan fingerprint density at radius 3 is 2.55 bits per heavy atom. The molecule has 1 aromatic rings. The summed E-state index contributed by atoms with van der Waals surface area (Å²) in [7, 11) is 0. The lowest BCUT2D eigenvalue weighted by molar-refractivity contribution is 1.46. The lowest BCUT2D eigenvalue weighted by Gasteiger charge is -1.97. The number of rotatable bonds is 3. The first-order chi connectivity index (χ1) is 5.29. The molecule has 0 unspecified atom stereocenters. The number of hydrogen-bond acceptors (Lipinski definition) is 1. The minimum Gasteiger partial charge on any atom is -0.120 e. The second-order valence-corrected chi connectivity index (χ2v) is 3.70. The Morgan fingerprint density at radius 2 is 2.00 bits per heavy atom. The average Bonchev–Trinajstić information content (AvgIpc) is 2.03. The summed E-state index contributed by atoms with van der Waals surface area (Å²) in [6.45, 7) is 3.61. The van der Waals surface area contributed by atoms with Gasteiger partial charge in [0.25, 0.3) is 0 Å². The first-order valence-electron chi connectivity index (χ1n) is 3.30. The highest BCUT2D eigenvalue weighted by Crippen LogP contribution is 2.20. The van der Waals surface area contributed by atoms with E-state index in [4.69, 9.17) is 11.6 Å². The van der Waals surface area contributed by atoms with Crippen LogP contribution < -0.4 is 0 Å². The molecule has 0 nitrogen and oxygen atoms in total. The topological polar surface area (TPSA) is 0 Å². The van der Waals surface area contributed by atoms with Crippen LogP contribution in [-0.4, -0.2) is 5.75 Å². The Morgan fingerprint density at radius 1 is 1.36 bits per heavy atom. The summed E-state index contributed by atoms with van der Waals surface area (Å²) in [5.41, 5.74) is 0. The zero-order chi connectivity index (χ0) is 8.10. The number of thioether (sulfide) groups is 1. The molecule has 0 amide bonds. The third-order valence-electron chi connectivity index (χ3n) is 1.14. The van der Waals surface area contributed by atoms with Crippen molar-refractivity contribution >= 4 is 23.4 Å². The van der Waals surface area contributed by atoms with Crippen LogP contribution in [0.25, 0.3) is 0 Å². The molecule has 0 N–H and O–H groups in total. The van der Waals surface area contributed by atoms with Crippen molar-refractivity contribution in [3.05, 3.63) is 41.9 Å². The third-order valence-corrected chi connectivity index (χ3v) is 2.53. The molecule has 1 aromatic carbocycles. The zero-order valence-corrected chi connectivity index (χ0v) is 7.66. The first kappa shape index (κ1) is 8.69. The molecule has 0 aliphatic heterocycles. The summed E-state index contributed by atoms with van der Waals surface area (Å²) in [5.74, 6) is 0.783. The van der Waals surface area contributed by atoms with Gasteiger partial charge in [0.2, 0.25) is 0 Å². The van der Waals surface area contributed by atoms with Crippen molar-refractivity contribution in [2.45, 2.75) is 4.90 Å². The van der Waals surface area contributed by atoms with E-state index in [2.05, 4.69) is 18.7 Å². The van der Waals surface area contributed by atoms with Gasteiger partial charge >= 0.3 is 0 Å². The second kappa shape index (κ2) is 4.47. The van der Waals surface area contributed by atoms with Gasteiger partial charge in [-0.2, -0.15) is 0 Å². The highest BCUT2D eigenvalue weighted by molar-refractivity contribution is 7.99. The predicted molar refractivity (Wildman–Crippen MR) is 52.2 cm³/mol. The molecule has 0 bridgehead atoms. The first-order valence-corrected chi connectivity index (χ1v) is 4.66. The van der Waals surface area contributed by atoms with Gasteiger partial charge in [-0.25, -0.2) is 0 Å². The Kier molecular flexibility index (Phi) is 3.53. The molecule has 0 fully saturated rings. The highest BCUT2D eigenvalue weighted by atomic mass is 35.5. The van der Waals surface area contributed by atoms with Crippen LogP contribution in [0.3, 0.4) is 0 Å². The van der Waals surface area contributed by atoms with Crippen LogP contribution in [0.1, 0.15) is 0 Å². The van der Waals surface area contributed by atoms with Crippen LogP contribution in [0.2, 0.25) is 0 Å². The number of halogens is 1. The second-order valence-electron chi connectivity index (χ2n) is 2.12. The predicted octanol–water partition coefficient (Wildman–Crippen LogP) is 3.53. The van der Waals surface area contributed by atoms with Crippen LogP contribution in [0.15, 0.2) is 46.8 Å². The lowest BCUT2D eigenvalue weighted by atomic mass is 10.4. The molecule has 2 heteroatoms. The van der Waals surface area contributed by atoms with Crippen molar-refractivity contribution in [3.8, 4) is 0 Å². The largest absolute Gasteiger partial charge is 0.120 e. The minimum absolute atomic E-state index is 0.693. The van der Waals surface area contributed by atoms with Crippen molar-refractivity contribution in [2.24, 2.45) is 0 Å². The zero-order valence-electron chi connectivity index (χ0n) is 6.09. The van der Waals surface area contributed by atoms with Gasteiger partial charge in [-0.3, -0.25) is 0 Å². The average molecular weight is 185 g/mol. The van der Waals surface area contributed by atoms with E-state index in [0.29, 0.717) is 5.03 Å². The van der Waals surface area contributed by atoms with Gasteiger partial charge in [-0.15, -0.1) is 11.8 Å². The van der Waals surface area contributed by atoms with E-state index < -0.39 is 0 Å². The molecule has 0 saturated heterocycles. The van der Waals surface area contributed by atoms with Gasteiger partial charge in [0.15, 0.2) is 0 Å². The third kappa shape index (κ3) is 3.49. The molecule has 0 aliphatic carbocycles. The maximum Gasteiger partial charge on any atom is 0.0334 e. The van der Waals surface area contributed by atoms with Crippen LogP contribution in [-0.2, 0) is 0 Å². The Labute approximate surface area is 76.3 Å². The lowest BCUT2D eigenvalue weighted by Crippen LogP contribution is -1.75. The van der Waals surface area contributed by atoms with E-state index in [-0.39, 0.29) is 0 Å². The quantitative estimate of drug-likeness (QED) is 0.648. The highest BCUT2D eigenvalue weighted by Gasteiger charge is 1.91. The van der Waals surface area contributed by atoms with Gasteiger partial charge in [0.05, 0.1) is 0 Å². The van der Waals surface area contributed by atoms with Crippen molar-refractivity contribution in [2.75, 3.05) is 5.75 Å². The SMILES string of the molecule is C=C(Cl)CSc1ccccc1. The number of benzene rings is 1. The molecule has 0 atom stereocenters. The van der Waals surface area contributed by atoms with E-state index in [9.17, 15) is 0 Å². The summed E-state index contributed by atoms with van der Waals surface area (Å²) in [6, 6.07) is 10.1. The van der Waals surface area contributed by atoms with Crippen LogP contribution in [0, 0.1) is 0 Å². The fraction of sp³-hybridized carbons (Fsp3) is 0.111. The van der Waals surface area contributed by atoms with E-state index >= 15 is 0 Å². The smallest absolute Gasteiger partial charge is 0.0334 e. The molecule has 0 saturated carbocycles. The monoisotopic (exact) mass is 184 g/mol. The normalized spacial score (nSPS) is 9.55. The molecule has 1 rings (SSSR count). The van der Waals surface area contributed by atoms with Crippen LogP contribution in [0.4, 0.5) is 0 Å². The van der Waals surface area contributed by atoms with E-state index in [1.54, 1.807) is 11.8 Å². The molecule has 0 aromatic heterocycles. The summed E-state index contributed by atoms with van der Waals surface area (Å²) in [4.78, 5) is 1.23. The molecular formula is C9H9ClS. The van der Waals surface area contributed by atoms with E-state index in [1.807, 2.05) is 18.2 Å². The summed E-state index contributed by atoms with van der Waals surface area (Å²) >= 11 is 7.31.